The number of anilines is 1. The summed E-state index contributed by atoms with van der Waals surface area (Å²) in [5, 5.41) is 4.98. The predicted octanol–water partition coefficient (Wildman–Crippen LogP) is 6.23. The summed E-state index contributed by atoms with van der Waals surface area (Å²) in [6.45, 7) is 6.37. The Balaban J connectivity index is 0.00000259. The zero-order valence-corrected chi connectivity index (χ0v) is 21.0. The topological polar surface area (TPSA) is 54.5 Å². The summed E-state index contributed by atoms with van der Waals surface area (Å²) in [5.74, 6) is 0.530. The number of thiazole rings is 1. The molecule has 33 heavy (non-hydrogen) atoms. The number of ether oxygens (including phenoxy) is 1. The van der Waals surface area contributed by atoms with Crippen LogP contribution in [0.3, 0.4) is 0 Å². The largest absolute Gasteiger partial charge is 0.484 e. The Morgan fingerprint density at radius 3 is 2.64 bits per heavy atom. The molecule has 0 radical (unpaired) electrons. The van der Waals surface area contributed by atoms with Crippen molar-refractivity contribution in [2.75, 3.05) is 18.5 Å². The van der Waals surface area contributed by atoms with Crippen LogP contribution < -0.4 is 10.1 Å². The fourth-order valence-corrected chi connectivity index (χ4v) is 6.39. The van der Waals surface area contributed by atoms with E-state index in [-0.39, 0.29) is 24.9 Å². The Hall–Kier alpha value is -2.45. The second kappa shape index (κ2) is 10.2. The van der Waals surface area contributed by atoms with Crippen molar-refractivity contribution in [1.82, 2.24) is 9.88 Å². The van der Waals surface area contributed by atoms with Crippen LogP contribution in [0.25, 0.3) is 20.8 Å². The van der Waals surface area contributed by atoms with Gasteiger partial charge in [0.05, 0.1) is 10.2 Å². The van der Waals surface area contributed by atoms with E-state index in [2.05, 4.69) is 30.1 Å². The zero-order valence-electron chi connectivity index (χ0n) is 18.5. The highest BCUT2D eigenvalue weighted by atomic mass is 35.5. The Morgan fingerprint density at radius 2 is 1.88 bits per heavy atom. The number of rotatable bonds is 6. The third kappa shape index (κ3) is 5.06. The molecule has 0 saturated carbocycles. The van der Waals surface area contributed by atoms with Gasteiger partial charge in [0.1, 0.15) is 15.8 Å². The van der Waals surface area contributed by atoms with E-state index >= 15 is 0 Å². The van der Waals surface area contributed by atoms with E-state index < -0.39 is 0 Å². The Labute approximate surface area is 207 Å². The van der Waals surface area contributed by atoms with Crippen LogP contribution >= 0.6 is 35.1 Å². The number of nitrogens with one attached hydrogen (secondary N) is 1. The third-order valence-electron chi connectivity index (χ3n) is 5.69. The van der Waals surface area contributed by atoms with Gasteiger partial charge in [0.15, 0.2) is 6.61 Å². The van der Waals surface area contributed by atoms with Crippen molar-refractivity contribution in [3.05, 3.63) is 65.0 Å². The fraction of sp³-hybridized carbons (Fsp3) is 0.280. The predicted molar refractivity (Wildman–Crippen MR) is 140 cm³/mol. The molecule has 2 aromatic carbocycles. The van der Waals surface area contributed by atoms with E-state index in [1.54, 1.807) is 22.7 Å². The van der Waals surface area contributed by atoms with Crippen LogP contribution in [0.5, 0.6) is 5.75 Å². The van der Waals surface area contributed by atoms with Gasteiger partial charge in [-0.2, -0.15) is 0 Å². The molecule has 1 amide bonds. The van der Waals surface area contributed by atoms with Crippen LogP contribution in [0, 0.1) is 0 Å². The van der Waals surface area contributed by atoms with Gasteiger partial charge in [-0.05, 0) is 50.1 Å². The van der Waals surface area contributed by atoms with E-state index in [9.17, 15) is 4.79 Å². The molecule has 5 rings (SSSR count). The summed E-state index contributed by atoms with van der Waals surface area (Å²) in [6, 6.07) is 18.1. The van der Waals surface area contributed by atoms with Crippen molar-refractivity contribution in [1.29, 1.82) is 0 Å². The van der Waals surface area contributed by atoms with Gasteiger partial charge < -0.3 is 10.1 Å². The number of fused-ring (bicyclic) bond motifs is 2. The van der Waals surface area contributed by atoms with Crippen molar-refractivity contribution in [3.63, 3.8) is 0 Å². The molecule has 0 bridgehead atoms. The molecule has 0 saturated heterocycles. The number of halogens is 1. The number of benzene rings is 2. The maximum Gasteiger partial charge on any atom is 0.262 e. The lowest BCUT2D eigenvalue weighted by molar-refractivity contribution is -0.118. The Kier molecular flexibility index (Phi) is 7.34. The number of nitrogens with zero attached hydrogens (tertiary/aromatic N) is 2. The molecular weight excluding hydrogens is 474 g/mol. The smallest absolute Gasteiger partial charge is 0.262 e. The first-order valence-corrected chi connectivity index (χ1v) is 12.4. The minimum atomic E-state index is -0.157. The number of para-hydroxylation sites is 2. The lowest BCUT2D eigenvalue weighted by Gasteiger charge is -2.30. The number of carbonyl (C=O) groups is 1. The van der Waals surface area contributed by atoms with Crippen molar-refractivity contribution in [2.45, 2.75) is 32.9 Å². The van der Waals surface area contributed by atoms with E-state index in [1.165, 1.54) is 10.4 Å². The first-order chi connectivity index (χ1) is 15.6. The second-order valence-electron chi connectivity index (χ2n) is 8.16. The molecule has 1 N–H and O–H groups in total. The summed E-state index contributed by atoms with van der Waals surface area (Å²) in [4.78, 5) is 21.5. The lowest BCUT2D eigenvalue weighted by Crippen LogP contribution is -2.35. The second-order valence-corrected chi connectivity index (χ2v) is 10.3. The number of hydrogen-bond acceptors (Lipinski definition) is 6. The summed E-state index contributed by atoms with van der Waals surface area (Å²) >= 11 is 3.36. The minimum absolute atomic E-state index is 0. The molecule has 0 aliphatic carbocycles. The molecule has 8 heteroatoms. The highest BCUT2D eigenvalue weighted by molar-refractivity contribution is 7.22. The van der Waals surface area contributed by atoms with Crippen LogP contribution in [0.4, 0.5) is 5.00 Å². The fourth-order valence-electron chi connectivity index (χ4n) is 3.99. The van der Waals surface area contributed by atoms with Gasteiger partial charge in [0, 0.05) is 29.6 Å². The van der Waals surface area contributed by atoms with Gasteiger partial charge in [-0.15, -0.1) is 35.1 Å². The van der Waals surface area contributed by atoms with Gasteiger partial charge in [-0.1, -0.05) is 30.3 Å². The van der Waals surface area contributed by atoms with Gasteiger partial charge in [-0.3, -0.25) is 9.69 Å². The molecule has 0 unspecified atom stereocenters. The molecule has 0 atom stereocenters. The van der Waals surface area contributed by atoms with Crippen molar-refractivity contribution >= 4 is 56.2 Å². The van der Waals surface area contributed by atoms with E-state index in [1.807, 2.05) is 48.5 Å². The van der Waals surface area contributed by atoms with Crippen LogP contribution in [0.1, 0.15) is 24.3 Å². The van der Waals surface area contributed by atoms with E-state index in [0.717, 1.165) is 45.3 Å². The quantitative estimate of drug-likeness (QED) is 0.341. The number of amides is 1. The molecule has 1 aliphatic heterocycles. The monoisotopic (exact) mass is 499 g/mol. The number of carbonyl (C=O) groups excluding carboxylic acids is 1. The molecular formula is C25H26ClN3O2S2. The van der Waals surface area contributed by atoms with Crippen LogP contribution in [0.15, 0.2) is 54.6 Å². The van der Waals surface area contributed by atoms with Gasteiger partial charge in [0.25, 0.3) is 5.91 Å². The molecule has 0 fully saturated rings. The molecule has 5 nitrogen and oxygen atoms in total. The van der Waals surface area contributed by atoms with Gasteiger partial charge >= 0.3 is 0 Å². The number of hydrogen-bond donors (Lipinski definition) is 1. The standard InChI is InChI=1S/C25H25N3O2S2.ClH/c1-16(2)28-13-12-18-21(14-28)32-25(27-22(29)15-30-17-8-4-3-5-9-17)23(18)24-26-19-10-6-7-11-20(19)31-24;/h3-11,16H,12-15H2,1-2H3,(H,27,29);1H. The SMILES string of the molecule is CC(C)N1CCc2c(sc(NC(=O)COc3ccccc3)c2-c2nc3ccccc3s2)C1.Cl. The Bertz CT molecular complexity index is 1220. The van der Waals surface area contributed by atoms with Crippen LogP contribution in [-0.4, -0.2) is 35.0 Å². The summed E-state index contributed by atoms with van der Waals surface area (Å²) in [7, 11) is 0. The number of thiophene rings is 1. The third-order valence-corrected chi connectivity index (χ3v) is 7.88. The highest BCUT2D eigenvalue weighted by Crippen LogP contribution is 2.45. The molecule has 172 valence electrons. The minimum Gasteiger partial charge on any atom is -0.484 e. The van der Waals surface area contributed by atoms with Crippen LogP contribution in [0.2, 0.25) is 0 Å². The van der Waals surface area contributed by atoms with Gasteiger partial charge in [0.2, 0.25) is 0 Å². The number of aromatic nitrogens is 1. The maximum atomic E-state index is 12.8. The molecule has 2 aromatic heterocycles. The maximum absolute atomic E-state index is 12.8. The van der Waals surface area contributed by atoms with Crippen molar-refractivity contribution in [2.24, 2.45) is 0 Å². The normalized spacial score (nSPS) is 13.5. The summed E-state index contributed by atoms with van der Waals surface area (Å²) < 4.78 is 6.81. The first-order valence-electron chi connectivity index (χ1n) is 10.8. The molecule has 0 spiro atoms. The summed E-state index contributed by atoms with van der Waals surface area (Å²) in [6.07, 6.45) is 0.964. The van der Waals surface area contributed by atoms with Gasteiger partial charge in [-0.25, -0.2) is 4.98 Å². The van der Waals surface area contributed by atoms with Crippen LogP contribution in [-0.2, 0) is 17.8 Å². The van der Waals surface area contributed by atoms with Crippen molar-refractivity contribution in [3.8, 4) is 16.3 Å². The average molecular weight is 500 g/mol. The lowest BCUT2D eigenvalue weighted by atomic mass is 10.0. The van der Waals surface area contributed by atoms with E-state index in [4.69, 9.17) is 9.72 Å². The molecule has 3 heterocycles. The molecule has 1 aliphatic rings. The Morgan fingerprint density at radius 1 is 1.12 bits per heavy atom. The average Bonchev–Trinajstić information content (AvgIpc) is 3.38. The van der Waals surface area contributed by atoms with E-state index in [0.29, 0.717) is 11.8 Å². The van der Waals surface area contributed by atoms with Crippen molar-refractivity contribution < 1.29 is 9.53 Å². The summed E-state index contributed by atoms with van der Waals surface area (Å²) in [5.41, 5.74) is 3.41. The highest BCUT2D eigenvalue weighted by Gasteiger charge is 2.28. The molecule has 4 aromatic rings. The zero-order chi connectivity index (χ0) is 22.1. The first kappa shape index (κ1) is 23.7.